The third kappa shape index (κ3) is 3.85. The summed E-state index contributed by atoms with van der Waals surface area (Å²) in [6, 6.07) is 9.45. The van der Waals surface area contributed by atoms with Gasteiger partial charge in [0, 0.05) is 18.7 Å². The zero-order valence-corrected chi connectivity index (χ0v) is 11.1. The largest absolute Gasteiger partial charge is 0.478 e. The number of nitrogens with zero attached hydrogens (tertiary/aromatic N) is 1. The lowest BCUT2D eigenvalue weighted by Gasteiger charge is -2.19. The Morgan fingerprint density at radius 1 is 1.20 bits per heavy atom. The SMILES string of the molecule is O=C(O)C1=CCCN(C(=O)OCc2ccccc2)CC1. The molecule has 106 valence electrons. The fourth-order valence-electron chi connectivity index (χ4n) is 2.05. The summed E-state index contributed by atoms with van der Waals surface area (Å²) in [4.78, 5) is 24.4. The first-order chi connectivity index (χ1) is 9.66. The second-order valence-electron chi connectivity index (χ2n) is 4.60. The molecular formula is C15H17NO4. The van der Waals surface area contributed by atoms with E-state index in [2.05, 4.69) is 0 Å². The maximum absolute atomic E-state index is 11.9. The Labute approximate surface area is 117 Å². The van der Waals surface area contributed by atoms with Gasteiger partial charge in [-0.3, -0.25) is 0 Å². The van der Waals surface area contributed by atoms with Gasteiger partial charge in [-0.1, -0.05) is 36.4 Å². The minimum absolute atomic E-state index is 0.232. The number of rotatable bonds is 3. The van der Waals surface area contributed by atoms with Gasteiger partial charge < -0.3 is 14.7 Å². The third-order valence-electron chi connectivity index (χ3n) is 3.18. The Kier molecular flexibility index (Phi) is 4.76. The van der Waals surface area contributed by atoms with E-state index >= 15 is 0 Å². The Bertz CT molecular complexity index is 510. The first-order valence-electron chi connectivity index (χ1n) is 6.55. The van der Waals surface area contributed by atoms with E-state index in [1.165, 1.54) is 0 Å². The molecule has 0 aliphatic carbocycles. The Morgan fingerprint density at radius 2 is 1.95 bits per heavy atom. The molecule has 0 unspecified atom stereocenters. The summed E-state index contributed by atoms with van der Waals surface area (Å²) in [6.45, 7) is 1.10. The van der Waals surface area contributed by atoms with Crippen LogP contribution >= 0.6 is 0 Å². The quantitative estimate of drug-likeness (QED) is 0.920. The molecular weight excluding hydrogens is 258 g/mol. The van der Waals surface area contributed by atoms with Crippen molar-refractivity contribution in [2.45, 2.75) is 19.4 Å². The second kappa shape index (κ2) is 6.75. The van der Waals surface area contributed by atoms with Crippen molar-refractivity contribution in [3.8, 4) is 0 Å². The molecule has 0 bridgehead atoms. The summed E-state index contributed by atoms with van der Waals surface area (Å²) in [5, 5.41) is 8.94. The number of carbonyl (C=O) groups excluding carboxylic acids is 1. The van der Waals surface area contributed by atoms with Crippen LogP contribution in [0, 0.1) is 0 Å². The van der Waals surface area contributed by atoms with E-state index < -0.39 is 12.1 Å². The predicted molar refractivity (Wildman–Crippen MR) is 73.2 cm³/mol. The maximum Gasteiger partial charge on any atom is 0.410 e. The molecule has 0 spiro atoms. The third-order valence-corrected chi connectivity index (χ3v) is 3.18. The minimum atomic E-state index is -0.912. The van der Waals surface area contributed by atoms with E-state index in [1.54, 1.807) is 11.0 Å². The number of carbonyl (C=O) groups is 2. The van der Waals surface area contributed by atoms with Crippen LogP contribution in [-0.4, -0.2) is 35.2 Å². The van der Waals surface area contributed by atoms with Gasteiger partial charge in [0.2, 0.25) is 0 Å². The number of hydrogen-bond donors (Lipinski definition) is 1. The molecule has 0 atom stereocenters. The molecule has 1 heterocycles. The normalized spacial score (nSPS) is 15.2. The van der Waals surface area contributed by atoms with Gasteiger partial charge in [0.25, 0.3) is 0 Å². The van der Waals surface area contributed by atoms with Crippen molar-refractivity contribution >= 4 is 12.1 Å². The number of aliphatic carboxylic acids is 1. The van der Waals surface area contributed by atoms with E-state index in [-0.39, 0.29) is 6.61 Å². The second-order valence-corrected chi connectivity index (χ2v) is 4.60. The zero-order chi connectivity index (χ0) is 14.4. The molecule has 0 saturated heterocycles. The van der Waals surface area contributed by atoms with Crippen molar-refractivity contribution in [2.24, 2.45) is 0 Å². The van der Waals surface area contributed by atoms with Crippen molar-refractivity contribution < 1.29 is 19.4 Å². The van der Waals surface area contributed by atoms with E-state index in [0.717, 1.165) is 5.56 Å². The van der Waals surface area contributed by atoms with Crippen LogP contribution in [0.3, 0.4) is 0 Å². The summed E-state index contributed by atoms with van der Waals surface area (Å²) in [5.74, 6) is -0.912. The molecule has 0 radical (unpaired) electrons. The molecule has 1 aromatic rings. The lowest BCUT2D eigenvalue weighted by Crippen LogP contribution is -2.32. The molecule has 1 N–H and O–H groups in total. The van der Waals surface area contributed by atoms with E-state index in [1.807, 2.05) is 30.3 Å². The summed E-state index contributed by atoms with van der Waals surface area (Å²) in [6.07, 6.45) is 2.18. The van der Waals surface area contributed by atoms with E-state index in [9.17, 15) is 9.59 Å². The smallest absolute Gasteiger partial charge is 0.410 e. The molecule has 0 saturated carbocycles. The number of amides is 1. The van der Waals surface area contributed by atoms with Crippen molar-refractivity contribution in [3.05, 3.63) is 47.5 Å². The molecule has 0 fully saturated rings. The molecule has 5 heteroatoms. The number of benzene rings is 1. The van der Waals surface area contributed by atoms with E-state index in [4.69, 9.17) is 9.84 Å². The first-order valence-corrected chi connectivity index (χ1v) is 6.55. The average molecular weight is 275 g/mol. The molecule has 2 rings (SSSR count). The number of hydrogen-bond acceptors (Lipinski definition) is 3. The first kappa shape index (κ1) is 14.1. The molecule has 20 heavy (non-hydrogen) atoms. The summed E-state index contributed by atoms with van der Waals surface area (Å²) >= 11 is 0. The topological polar surface area (TPSA) is 66.8 Å². The molecule has 5 nitrogen and oxygen atoms in total. The summed E-state index contributed by atoms with van der Waals surface area (Å²) in [5.41, 5.74) is 1.29. The van der Waals surface area contributed by atoms with Crippen LogP contribution in [0.5, 0.6) is 0 Å². The van der Waals surface area contributed by atoms with Crippen LogP contribution in [0.25, 0.3) is 0 Å². The summed E-state index contributed by atoms with van der Waals surface area (Å²) in [7, 11) is 0. The van der Waals surface area contributed by atoms with Crippen molar-refractivity contribution in [3.63, 3.8) is 0 Å². The fraction of sp³-hybridized carbons (Fsp3) is 0.333. The van der Waals surface area contributed by atoms with Gasteiger partial charge in [-0.25, -0.2) is 9.59 Å². The average Bonchev–Trinajstić information content (AvgIpc) is 2.72. The fourth-order valence-corrected chi connectivity index (χ4v) is 2.05. The Hall–Kier alpha value is -2.30. The highest BCUT2D eigenvalue weighted by molar-refractivity contribution is 5.86. The van der Waals surface area contributed by atoms with Gasteiger partial charge >= 0.3 is 12.1 Å². The van der Waals surface area contributed by atoms with Gasteiger partial charge in [-0.05, 0) is 18.4 Å². The van der Waals surface area contributed by atoms with Crippen LogP contribution in [0.1, 0.15) is 18.4 Å². The molecule has 1 aliphatic rings. The standard InChI is InChI=1S/C15H17NO4/c17-14(18)13-7-4-9-16(10-8-13)15(19)20-11-12-5-2-1-3-6-12/h1-3,5-7H,4,8-11H2,(H,17,18). The number of ether oxygens (including phenoxy) is 1. The number of carboxylic acids is 1. The monoisotopic (exact) mass is 275 g/mol. The highest BCUT2D eigenvalue weighted by Gasteiger charge is 2.19. The van der Waals surface area contributed by atoms with Crippen molar-refractivity contribution in [2.75, 3.05) is 13.1 Å². The minimum Gasteiger partial charge on any atom is -0.478 e. The molecule has 0 aromatic heterocycles. The van der Waals surface area contributed by atoms with Gasteiger partial charge in [-0.2, -0.15) is 0 Å². The van der Waals surface area contributed by atoms with Gasteiger partial charge in [0.05, 0.1) is 0 Å². The van der Waals surface area contributed by atoms with Crippen LogP contribution in [0.4, 0.5) is 4.79 Å². The Balaban J connectivity index is 1.83. The van der Waals surface area contributed by atoms with Gasteiger partial charge in [0.1, 0.15) is 6.61 Å². The summed E-state index contributed by atoms with van der Waals surface area (Å²) < 4.78 is 5.24. The van der Waals surface area contributed by atoms with Crippen molar-refractivity contribution in [1.82, 2.24) is 4.90 Å². The van der Waals surface area contributed by atoms with Gasteiger partial charge in [-0.15, -0.1) is 0 Å². The van der Waals surface area contributed by atoms with Crippen LogP contribution in [-0.2, 0) is 16.1 Å². The van der Waals surface area contributed by atoms with Gasteiger partial charge in [0.15, 0.2) is 0 Å². The van der Waals surface area contributed by atoms with E-state index in [0.29, 0.717) is 31.5 Å². The predicted octanol–water partition coefficient (Wildman–Crippen LogP) is 2.43. The van der Waals surface area contributed by atoms with Crippen LogP contribution in [0.15, 0.2) is 42.0 Å². The van der Waals surface area contributed by atoms with Crippen molar-refractivity contribution in [1.29, 1.82) is 0 Å². The lowest BCUT2D eigenvalue weighted by molar-refractivity contribution is -0.132. The molecule has 1 aromatic carbocycles. The Morgan fingerprint density at radius 3 is 2.65 bits per heavy atom. The zero-order valence-electron chi connectivity index (χ0n) is 11.1. The molecule has 1 amide bonds. The lowest BCUT2D eigenvalue weighted by atomic mass is 10.2. The number of carboxylic acid groups (broad SMARTS) is 1. The highest BCUT2D eigenvalue weighted by Crippen LogP contribution is 2.13. The van der Waals surface area contributed by atoms with Crippen LogP contribution < -0.4 is 0 Å². The molecule has 1 aliphatic heterocycles. The van der Waals surface area contributed by atoms with Crippen LogP contribution in [0.2, 0.25) is 0 Å². The maximum atomic E-state index is 11.9. The highest BCUT2D eigenvalue weighted by atomic mass is 16.6.